The van der Waals surface area contributed by atoms with Gasteiger partial charge in [0.25, 0.3) is 0 Å². The monoisotopic (exact) mass is 591 g/mol. The van der Waals surface area contributed by atoms with E-state index in [0.717, 1.165) is 17.0 Å². The molecule has 0 spiro atoms. The highest BCUT2D eigenvalue weighted by atomic mass is 32.5. The number of likely N-dealkylation sites (N-methyl/N-ethyl adjacent to an activating group) is 2. The molecule has 4 rings (SSSR count). The molecule has 1 aromatic heterocycles. The van der Waals surface area contributed by atoms with Crippen LogP contribution in [0.25, 0.3) is 0 Å². The van der Waals surface area contributed by atoms with E-state index in [0.29, 0.717) is 26.1 Å². The van der Waals surface area contributed by atoms with Gasteiger partial charge in [-0.2, -0.15) is 0 Å². The van der Waals surface area contributed by atoms with Crippen LogP contribution in [-0.4, -0.2) is 85.0 Å². The van der Waals surface area contributed by atoms with Crippen LogP contribution in [0.5, 0.6) is 0 Å². The molecule has 2 unspecified atom stereocenters. The number of hydrogen-bond acceptors (Lipinski definition) is 6. The lowest BCUT2D eigenvalue weighted by molar-refractivity contribution is -0.140. The number of carbonyl (C=O) groups excluding carboxylic acids is 3. The first kappa shape index (κ1) is 29.7. The van der Waals surface area contributed by atoms with E-state index < -0.39 is 39.0 Å². The van der Waals surface area contributed by atoms with Gasteiger partial charge < -0.3 is 15.0 Å². The third-order valence-electron chi connectivity index (χ3n) is 6.95. The molecule has 0 bridgehead atoms. The molecule has 15 heteroatoms. The second-order valence-electron chi connectivity index (χ2n) is 9.96. The Balaban J connectivity index is 1.81. The van der Waals surface area contributed by atoms with E-state index in [1.54, 1.807) is 0 Å². The molecular formula is C25H30F5N5O4S. The van der Waals surface area contributed by atoms with Crippen LogP contribution in [0, 0.1) is 0 Å². The molecule has 1 N–H and O–H groups in total. The fourth-order valence-corrected chi connectivity index (χ4v) is 5.37. The van der Waals surface area contributed by atoms with Gasteiger partial charge >= 0.3 is 10.2 Å². The van der Waals surface area contributed by atoms with Crippen molar-refractivity contribution in [3.8, 4) is 0 Å². The molecule has 2 atom stereocenters. The first-order valence-corrected chi connectivity index (χ1v) is 14.4. The summed E-state index contributed by atoms with van der Waals surface area (Å²) in [4.78, 5) is 45.8. The molecule has 2 aliphatic rings. The van der Waals surface area contributed by atoms with E-state index in [-0.39, 0.29) is 48.4 Å². The number of piperazine rings is 1. The number of aromatic nitrogens is 1. The Kier molecular flexibility index (Phi) is 7.62. The largest absolute Gasteiger partial charge is 0.381 e. The molecule has 40 heavy (non-hydrogen) atoms. The number of amides is 3. The standard InChI is InChI=1S/C25H30F5N5O4S/c1-33-16-22(36)34(2)15-21(33)25(38)35(19-5-7-20(8-6-19)40(26,27,28,29)30)23(17-4-3-11-31-14-17)24(37)32-18-9-12-39-13-10-18/h3-8,11,14,18,21,23H,9-10,12-13,15-16H2,1-2H3,(H,32,37). The average Bonchev–Trinajstić information content (AvgIpc) is 2.89. The minimum absolute atomic E-state index is 0.0600. The lowest BCUT2D eigenvalue weighted by atomic mass is 10.0. The van der Waals surface area contributed by atoms with Crippen LogP contribution in [-0.2, 0) is 19.1 Å². The van der Waals surface area contributed by atoms with Crippen molar-refractivity contribution in [2.24, 2.45) is 0 Å². The van der Waals surface area contributed by atoms with Gasteiger partial charge in [-0.25, -0.2) is 0 Å². The minimum Gasteiger partial charge on any atom is -0.381 e. The summed E-state index contributed by atoms with van der Waals surface area (Å²) >= 11 is 0. The topological polar surface area (TPSA) is 95.1 Å². The van der Waals surface area contributed by atoms with E-state index in [9.17, 15) is 33.8 Å². The Labute approximate surface area is 228 Å². The van der Waals surface area contributed by atoms with Gasteiger partial charge in [0.15, 0.2) is 0 Å². The van der Waals surface area contributed by atoms with Gasteiger partial charge in [0.2, 0.25) is 17.7 Å². The van der Waals surface area contributed by atoms with Crippen molar-refractivity contribution in [1.29, 1.82) is 0 Å². The summed E-state index contributed by atoms with van der Waals surface area (Å²) in [5.41, 5.74) is 0.0413. The number of ether oxygens (including phenoxy) is 1. The fraction of sp³-hybridized carbons (Fsp3) is 0.440. The van der Waals surface area contributed by atoms with Gasteiger partial charge in [0.05, 0.1) is 6.54 Å². The van der Waals surface area contributed by atoms with E-state index in [1.807, 2.05) is 0 Å². The van der Waals surface area contributed by atoms with Crippen LogP contribution in [0.2, 0.25) is 0 Å². The molecule has 2 aliphatic heterocycles. The Morgan fingerprint density at radius 1 is 1.07 bits per heavy atom. The molecule has 9 nitrogen and oxygen atoms in total. The van der Waals surface area contributed by atoms with E-state index >= 15 is 0 Å². The van der Waals surface area contributed by atoms with Gasteiger partial charge in [-0.3, -0.25) is 29.2 Å². The first-order valence-electron chi connectivity index (χ1n) is 12.4. The molecule has 3 heterocycles. The summed E-state index contributed by atoms with van der Waals surface area (Å²) in [5, 5.41) is 2.89. The Morgan fingerprint density at radius 3 is 2.30 bits per heavy atom. The first-order chi connectivity index (χ1) is 18.5. The second-order valence-corrected chi connectivity index (χ2v) is 12.4. The third kappa shape index (κ3) is 6.70. The normalized spacial score (nSPS) is 21.7. The van der Waals surface area contributed by atoms with E-state index in [1.165, 1.54) is 48.4 Å². The van der Waals surface area contributed by atoms with Crippen molar-refractivity contribution in [3.05, 3.63) is 54.4 Å². The zero-order valence-electron chi connectivity index (χ0n) is 21.8. The summed E-state index contributed by atoms with van der Waals surface area (Å²) in [5.74, 6) is -1.59. The SMILES string of the molecule is CN1CC(C(=O)N(c2ccc(S(F)(F)(F)(F)F)cc2)C(C(=O)NC2CCOCC2)c2cccnc2)N(C)CC1=O. The van der Waals surface area contributed by atoms with Crippen LogP contribution in [0.3, 0.4) is 0 Å². The van der Waals surface area contributed by atoms with Gasteiger partial charge in [-0.05, 0) is 50.2 Å². The summed E-state index contributed by atoms with van der Waals surface area (Å²) < 4.78 is 72.7. The maximum absolute atomic E-state index is 14.1. The molecular weight excluding hydrogens is 561 g/mol. The number of nitrogens with zero attached hydrogens (tertiary/aromatic N) is 4. The molecule has 2 saturated heterocycles. The fourth-order valence-electron chi connectivity index (χ4n) is 4.72. The highest BCUT2D eigenvalue weighted by Crippen LogP contribution is 3.02. The van der Waals surface area contributed by atoms with Crippen molar-refractivity contribution >= 4 is 33.6 Å². The van der Waals surface area contributed by atoms with E-state index in [4.69, 9.17) is 4.74 Å². The molecule has 2 fully saturated rings. The number of halogens is 5. The smallest absolute Gasteiger partial charge is 0.310 e. The number of nitrogens with one attached hydrogen (secondary N) is 1. The number of benzene rings is 1. The van der Waals surface area contributed by atoms with Crippen LogP contribution in [0.1, 0.15) is 24.4 Å². The number of pyridine rings is 1. The van der Waals surface area contributed by atoms with Crippen LogP contribution < -0.4 is 10.2 Å². The highest BCUT2D eigenvalue weighted by molar-refractivity contribution is 8.45. The molecule has 0 radical (unpaired) electrons. The number of rotatable bonds is 7. The molecule has 3 amide bonds. The molecule has 1 aromatic carbocycles. The third-order valence-corrected chi connectivity index (χ3v) is 8.11. The van der Waals surface area contributed by atoms with Crippen LogP contribution in [0.15, 0.2) is 53.7 Å². The summed E-state index contributed by atoms with van der Waals surface area (Å²) in [7, 11) is -6.97. The zero-order chi connectivity index (χ0) is 29.4. The lowest BCUT2D eigenvalue weighted by Crippen LogP contribution is -2.61. The van der Waals surface area contributed by atoms with Gasteiger partial charge in [0, 0.05) is 56.5 Å². The summed E-state index contributed by atoms with van der Waals surface area (Å²) in [6.45, 7) is 0.647. The number of hydrogen-bond donors (Lipinski definition) is 1. The van der Waals surface area contributed by atoms with Gasteiger partial charge in [-0.15, -0.1) is 0 Å². The Morgan fingerprint density at radius 2 is 1.73 bits per heavy atom. The van der Waals surface area contributed by atoms with Crippen molar-refractivity contribution in [2.75, 3.05) is 45.3 Å². The maximum atomic E-state index is 14.1. The van der Waals surface area contributed by atoms with Crippen LogP contribution in [0.4, 0.5) is 25.1 Å². The Hall–Kier alpha value is -3.30. The molecule has 0 aliphatic carbocycles. The molecule has 0 saturated carbocycles. The molecule has 220 valence electrons. The minimum atomic E-state index is -10.00. The number of carbonyl (C=O) groups is 3. The zero-order valence-corrected chi connectivity index (χ0v) is 22.6. The average molecular weight is 592 g/mol. The molecule has 2 aromatic rings. The van der Waals surface area contributed by atoms with Crippen molar-refractivity contribution in [3.63, 3.8) is 0 Å². The summed E-state index contributed by atoms with van der Waals surface area (Å²) in [6, 6.07) is 2.28. The van der Waals surface area contributed by atoms with Gasteiger partial charge in [-0.1, -0.05) is 25.5 Å². The quantitative estimate of drug-likeness (QED) is 0.492. The maximum Gasteiger partial charge on any atom is 0.310 e. The van der Waals surface area contributed by atoms with Crippen molar-refractivity contribution < 1.29 is 38.5 Å². The number of anilines is 1. The Bertz CT molecular complexity index is 1260. The summed E-state index contributed by atoms with van der Waals surface area (Å²) in [6.07, 6.45) is 3.81. The van der Waals surface area contributed by atoms with Crippen molar-refractivity contribution in [1.82, 2.24) is 20.1 Å². The predicted molar refractivity (Wildman–Crippen MR) is 138 cm³/mol. The van der Waals surface area contributed by atoms with Crippen molar-refractivity contribution in [2.45, 2.75) is 35.9 Å². The predicted octanol–water partition coefficient (Wildman–Crippen LogP) is 3.88. The van der Waals surface area contributed by atoms with Gasteiger partial charge in [0.1, 0.15) is 17.0 Å². The second kappa shape index (κ2) is 10.3. The van der Waals surface area contributed by atoms with Crippen LogP contribution >= 0.6 is 10.2 Å². The highest BCUT2D eigenvalue weighted by Gasteiger charge is 2.65. The lowest BCUT2D eigenvalue weighted by Gasteiger charge is -2.42. The van der Waals surface area contributed by atoms with E-state index in [2.05, 4.69) is 10.3 Å².